The van der Waals surface area contributed by atoms with Crippen LogP contribution in [0.3, 0.4) is 0 Å². The normalized spacial score (nSPS) is 29.4. The Balaban J connectivity index is 2.59. The van der Waals surface area contributed by atoms with Crippen LogP contribution in [0.1, 0.15) is 60.8 Å². The van der Waals surface area contributed by atoms with Crippen molar-refractivity contribution in [1.82, 2.24) is 0 Å². The van der Waals surface area contributed by atoms with Crippen molar-refractivity contribution < 1.29 is 0 Å². The maximum Gasteiger partial charge on any atom is -0.0340 e. The van der Waals surface area contributed by atoms with Crippen molar-refractivity contribution in [2.24, 2.45) is 35.5 Å². The van der Waals surface area contributed by atoms with E-state index in [0.717, 1.165) is 35.5 Å². The monoisotopic (exact) mass is 210 g/mol. The zero-order valence-corrected chi connectivity index (χ0v) is 11.6. The molecule has 15 heavy (non-hydrogen) atoms. The van der Waals surface area contributed by atoms with Gasteiger partial charge in [-0.1, -0.05) is 48.0 Å². The van der Waals surface area contributed by atoms with Gasteiger partial charge in [-0.25, -0.2) is 0 Å². The molecule has 0 amide bonds. The summed E-state index contributed by atoms with van der Waals surface area (Å²) in [4.78, 5) is 0. The highest BCUT2D eigenvalue weighted by molar-refractivity contribution is 4.83. The zero-order chi connectivity index (χ0) is 11.6. The maximum atomic E-state index is 2.51. The molecule has 0 nitrogen and oxygen atoms in total. The Morgan fingerprint density at radius 3 is 1.73 bits per heavy atom. The molecule has 0 aromatic heterocycles. The third-order valence-corrected chi connectivity index (χ3v) is 4.63. The molecule has 1 saturated carbocycles. The van der Waals surface area contributed by atoms with Crippen molar-refractivity contribution in [3.63, 3.8) is 0 Å². The summed E-state index contributed by atoms with van der Waals surface area (Å²) in [6.07, 6.45) is 4.44. The quantitative estimate of drug-likeness (QED) is 0.613. The molecule has 0 spiro atoms. The fourth-order valence-electron chi connectivity index (χ4n) is 4.03. The molecule has 1 fully saturated rings. The summed E-state index contributed by atoms with van der Waals surface area (Å²) in [6, 6.07) is 0. The maximum absolute atomic E-state index is 2.51. The highest BCUT2D eigenvalue weighted by Crippen LogP contribution is 2.42. The standard InChI is InChI=1S/C15H30/c1-10(2)15(11(3)4)13(6)14-8-7-12(5)9-14/h10-15H,7-9H2,1-6H3. The largest absolute Gasteiger partial charge is 0.0625 e. The van der Waals surface area contributed by atoms with E-state index in [1.165, 1.54) is 19.3 Å². The van der Waals surface area contributed by atoms with Crippen LogP contribution in [0, 0.1) is 35.5 Å². The molecule has 0 aromatic rings. The summed E-state index contributed by atoms with van der Waals surface area (Å²) >= 11 is 0. The molecule has 0 radical (unpaired) electrons. The predicted octanol–water partition coefficient (Wildman–Crippen LogP) is 4.99. The molecule has 0 heteroatoms. The van der Waals surface area contributed by atoms with Gasteiger partial charge in [0.2, 0.25) is 0 Å². The Kier molecular flexibility index (Phi) is 4.67. The molecule has 1 rings (SSSR count). The average Bonchev–Trinajstić information content (AvgIpc) is 2.50. The van der Waals surface area contributed by atoms with E-state index in [0.29, 0.717) is 0 Å². The topological polar surface area (TPSA) is 0 Å². The van der Waals surface area contributed by atoms with E-state index in [1.54, 1.807) is 0 Å². The molecule has 0 N–H and O–H groups in total. The molecule has 90 valence electrons. The smallest absolute Gasteiger partial charge is 0.0340 e. The predicted molar refractivity (Wildman–Crippen MR) is 68.8 cm³/mol. The van der Waals surface area contributed by atoms with E-state index >= 15 is 0 Å². The van der Waals surface area contributed by atoms with Gasteiger partial charge in [0.25, 0.3) is 0 Å². The van der Waals surface area contributed by atoms with E-state index < -0.39 is 0 Å². The van der Waals surface area contributed by atoms with Crippen LogP contribution in [-0.4, -0.2) is 0 Å². The molecular formula is C15H30. The summed E-state index contributed by atoms with van der Waals surface area (Å²) in [5, 5.41) is 0. The van der Waals surface area contributed by atoms with Crippen molar-refractivity contribution in [3.8, 4) is 0 Å². The van der Waals surface area contributed by atoms with Gasteiger partial charge in [0, 0.05) is 0 Å². The van der Waals surface area contributed by atoms with Gasteiger partial charge < -0.3 is 0 Å². The fraction of sp³-hybridized carbons (Fsp3) is 1.00. The van der Waals surface area contributed by atoms with Gasteiger partial charge in [-0.2, -0.15) is 0 Å². The summed E-state index contributed by atoms with van der Waals surface area (Å²) in [6.45, 7) is 14.5. The van der Waals surface area contributed by atoms with Crippen LogP contribution in [0.2, 0.25) is 0 Å². The zero-order valence-electron chi connectivity index (χ0n) is 11.6. The van der Waals surface area contributed by atoms with Crippen molar-refractivity contribution >= 4 is 0 Å². The van der Waals surface area contributed by atoms with Crippen LogP contribution in [0.15, 0.2) is 0 Å². The third kappa shape index (κ3) is 3.23. The lowest BCUT2D eigenvalue weighted by Crippen LogP contribution is -2.28. The van der Waals surface area contributed by atoms with Gasteiger partial charge in [-0.15, -0.1) is 0 Å². The molecule has 0 heterocycles. The average molecular weight is 210 g/mol. The lowest BCUT2D eigenvalue weighted by molar-refractivity contribution is 0.143. The van der Waals surface area contributed by atoms with Crippen molar-refractivity contribution in [1.29, 1.82) is 0 Å². The molecular weight excluding hydrogens is 180 g/mol. The highest BCUT2D eigenvalue weighted by atomic mass is 14.4. The molecule has 1 aliphatic rings. The third-order valence-electron chi connectivity index (χ3n) is 4.63. The lowest BCUT2D eigenvalue weighted by atomic mass is 9.71. The Labute approximate surface area is 96.8 Å². The lowest BCUT2D eigenvalue weighted by Gasteiger charge is -2.35. The Morgan fingerprint density at radius 2 is 1.40 bits per heavy atom. The first-order valence-electron chi connectivity index (χ1n) is 6.93. The molecule has 3 atom stereocenters. The number of hydrogen-bond donors (Lipinski definition) is 0. The second-order valence-corrected chi connectivity index (χ2v) is 6.60. The van der Waals surface area contributed by atoms with Crippen LogP contribution in [-0.2, 0) is 0 Å². The van der Waals surface area contributed by atoms with Crippen LogP contribution < -0.4 is 0 Å². The first kappa shape index (κ1) is 13.1. The van der Waals surface area contributed by atoms with Gasteiger partial charge in [0.1, 0.15) is 0 Å². The minimum atomic E-state index is 0.843. The van der Waals surface area contributed by atoms with Gasteiger partial charge in [0.05, 0.1) is 0 Å². The Bertz CT molecular complexity index is 172. The molecule has 1 aliphatic carbocycles. The summed E-state index contributed by atoms with van der Waals surface area (Å²) < 4.78 is 0. The highest BCUT2D eigenvalue weighted by Gasteiger charge is 2.33. The van der Waals surface area contributed by atoms with Gasteiger partial charge >= 0.3 is 0 Å². The minimum Gasteiger partial charge on any atom is -0.0625 e. The first-order chi connectivity index (χ1) is 6.93. The van der Waals surface area contributed by atoms with Crippen molar-refractivity contribution in [2.45, 2.75) is 60.8 Å². The van der Waals surface area contributed by atoms with Crippen LogP contribution in [0.25, 0.3) is 0 Å². The molecule has 3 unspecified atom stereocenters. The summed E-state index contributed by atoms with van der Waals surface area (Å²) in [5.74, 6) is 5.52. The van der Waals surface area contributed by atoms with Crippen LogP contribution in [0.4, 0.5) is 0 Å². The van der Waals surface area contributed by atoms with Gasteiger partial charge in [-0.3, -0.25) is 0 Å². The molecule has 0 aliphatic heterocycles. The second-order valence-electron chi connectivity index (χ2n) is 6.60. The van der Waals surface area contributed by atoms with E-state index in [1.807, 2.05) is 0 Å². The molecule has 0 saturated heterocycles. The van der Waals surface area contributed by atoms with Crippen LogP contribution >= 0.6 is 0 Å². The first-order valence-corrected chi connectivity index (χ1v) is 6.93. The van der Waals surface area contributed by atoms with Crippen molar-refractivity contribution in [3.05, 3.63) is 0 Å². The summed E-state index contributed by atoms with van der Waals surface area (Å²) in [7, 11) is 0. The Morgan fingerprint density at radius 1 is 0.867 bits per heavy atom. The Hall–Kier alpha value is 0. The van der Waals surface area contributed by atoms with Gasteiger partial charge in [-0.05, 0) is 48.3 Å². The SMILES string of the molecule is CC1CCC(C(C)C(C(C)C)C(C)C)C1. The van der Waals surface area contributed by atoms with E-state index in [-0.39, 0.29) is 0 Å². The van der Waals surface area contributed by atoms with Crippen LogP contribution in [0.5, 0.6) is 0 Å². The molecule has 0 aromatic carbocycles. The second kappa shape index (κ2) is 5.37. The van der Waals surface area contributed by atoms with E-state index in [2.05, 4.69) is 41.5 Å². The van der Waals surface area contributed by atoms with E-state index in [4.69, 9.17) is 0 Å². The summed E-state index contributed by atoms with van der Waals surface area (Å²) in [5.41, 5.74) is 0. The molecule has 0 bridgehead atoms. The fourth-order valence-corrected chi connectivity index (χ4v) is 4.03. The van der Waals surface area contributed by atoms with Gasteiger partial charge in [0.15, 0.2) is 0 Å². The van der Waals surface area contributed by atoms with Crippen molar-refractivity contribution in [2.75, 3.05) is 0 Å². The minimum absolute atomic E-state index is 0.843. The van der Waals surface area contributed by atoms with E-state index in [9.17, 15) is 0 Å². The number of hydrogen-bond acceptors (Lipinski definition) is 0. The number of rotatable bonds is 4.